The van der Waals surface area contributed by atoms with Gasteiger partial charge in [0.25, 0.3) is 5.91 Å². The highest BCUT2D eigenvalue weighted by Gasteiger charge is 2.16. The Kier molecular flexibility index (Phi) is 8.75. The number of rotatable bonds is 8. The molecule has 9 nitrogen and oxygen atoms in total. The highest BCUT2D eigenvalue weighted by atomic mass is 16.6. The summed E-state index contributed by atoms with van der Waals surface area (Å²) >= 11 is 0. The van der Waals surface area contributed by atoms with Crippen LogP contribution in [0.3, 0.4) is 0 Å². The summed E-state index contributed by atoms with van der Waals surface area (Å²) in [6, 6.07) is 3.60. The van der Waals surface area contributed by atoms with E-state index in [1.54, 1.807) is 20.1 Å². The van der Waals surface area contributed by atoms with Crippen LogP contribution in [-0.2, 0) is 30.3 Å². The lowest BCUT2D eigenvalue weighted by Gasteiger charge is -2.08. The summed E-state index contributed by atoms with van der Waals surface area (Å²) in [7, 11) is 1.61. The number of carbonyl (C=O) groups is 3. The summed E-state index contributed by atoms with van der Waals surface area (Å²) in [5.41, 5.74) is 2.25. The zero-order chi connectivity index (χ0) is 20.4. The highest BCUT2D eigenvalue weighted by molar-refractivity contribution is 6.00. The monoisotopic (exact) mass is 377 g/mol. The number of hydrogen-bond donors (Lipinski definition) is 1. The van der Waals surface area contributed by atoms with E-state index in [-0.39, 0.29) is 12.2 Å². The summed E-state index contributed by atoms with van der Waals surface area (Å²) in [4.78, 5) is 34.6. The van der Waals surface area contributed by atoms with Crippen LogP contribution in [0.1, 0.15) is 23.9 Å². The standard InChI is InChI=1S/C18H23N3O6/c1-5-26-18(24)20-16(22)11-27-17(23)15(10-19)9-14-8-12(2)21(13(14)3)6-7-25-4/h8-9H,5-7,11H2,1-4H3,(H,20,22,24). The van der Waals surface area contributed by atoms with Gasteiger partial charge in [-0.05, 0) is 38.5 Å². The van der Waals surface area contributed by atoms with E-state index in [4.69, 9.17) is 9.47 Å². The molecule has 0 aliphatic rings. The first-order chi connectivity index (χ1) is 12.8. The van der Waals surface area contributed by atoms with Crippen LogP contribution in [0.15, 0.2) is 11.6 Å². The van der Waals surface area contributed by atoms with Crippen molar-refractivity contribution in [3.63, 3.8) is 0 Å². The summed E-state index contributed by atoms with van der Waals surface area (Å²) in [6.45, 7) is 5.92. The molecule has 0 atom stereocenters. The molecule has 1 N–H and O–H groups in total. The molecule has 0 saturated heterocycles. The Morgan fingerprint density at radius 2 is 2.00 bits per heavy atom. The van der Waals surface area contributed by atoms with Crippen LogP contribution in [0.2, 0.25) is 0 Å². The van der Waals surface area contributed by atoms with Crippen LogP contribution in [0.4, 0.5) is 4.79 Å². The fraction of sp³-hybridized carbons (Fsp3) is 0.444. The van der Waals surface area contributed by atoms with Gasteiger partial charge in [0.2, 0.25) is 0 Å². The molecule has 0 unspecified atom stereocenters. The average Bonchev–Trinajstić information content (AvgIpc) is 2.89. The Morgan fingerprint density at radius 3 is 2.59 bits per heavy atom. The molecule has 0 spiro atoms. The molecule has 27 heavy (non-hydrogen) atoms. The van der Waals surface area contributed by atoms with E-state index in [2.05, 4.69) is 4.74 Å². The van der Waals surface area contributed by atoms with Crippen molar-refractivity contribution in [1.82, 2.24) is 9.88 Å². The van der Waals surface area contributed by atoms with Gasteiger partial charge in [0, 0.05) is 25.0 Å². The lowest BCUT2D eigenvalue weighted by atomic mass is 10.1. The average molecular weight is 377 g/mol. The summed E-state index contributed by atoms with van der Waals surface area (Å²) < 4.78 is 16.4. The highest BCUT2D eigenvalue weighted by Crippen LogP contribution is 2.18. The number of alkyl carbamates (subject to hydrolysis) is 1. The molecule has 1 aromatic heterocycles. The van der Waals surface area contributed by atoms with Crippen molar-refractivity contribution in [2.45, 2.75) is 27.3 Å². The molecule has 146 valence electrons. The van der Waals surface area contributed by atoms with Gasteiger partial charge >= 0.3 is 12.1 Å². The number of nitrogens with one attached hydrogen (secondary N) is 1. The van der Waals surface area contributed by atoms with Gasteiger partial charge in [-0.3, -0.25) is 10.1 Å². The molecule has 0 radical (unpaired) electrons. The Hall–Kier alpha value is -3.12. The zero-order valence-electron chi connectivity index (χ0n) is 15.8. The quantitative estimate of drug-likeness (QED) is 0.414. The predicted molar refractivity (Wildman–Crippen MR) is 95.5 cm³/mol. The van der Waals surface area contributed by atoms with Crippen LogP contribution in [0.25, 0.3) is 6.08 Å². The number of carbonyl (C=O) groups excluding carboxylic acids is 3. The zero-order valence-corrected chi connectivity index (χ0v) is 15.8. The fourth-order valence-electron chi connectivity index (χ4n) is 2.32. The molecule has 1 aromatic rings. The van der Waals surface area contributed by atoms with Crippen molar-refractivity contribution < 1.29 is 28.6 Å². The van der Waals surface area contributed by atoms with E-state index >= 15 is 0 Å². The number of methoxy groups -OCH3 is 1. The number of aromatic nitrogens is 1. The third-order valence-electron chi connectivity index (χ3n) is 3.62. The number of hydrogen-bond acceptors (Lipinski definition) is 7. The summed E-state index contributed by atoms with van der Waals surface area (Å²) in [6.07, 6.45) is 0.468. The van der Waals surface area contributed by atoms with Gasteiger partial charge in [-0.15, -0.1) is 0 Å². The minimum atomic E-state index is -0.960. The molecule has 0 aliphatic heterocycles. The van der Waals surface area contributed by atoms with E-state index in [1.165, 1.54) is 6.08 Å². The number of nitriles is 1. The first kappa shape index (κ1) is 21.9. The van der Waals surface area contributed by atoms with Gasteiger partial charge in [-0.2, -0.15) is 5.26 Å². The first-order valence-electron chi connectivity index (χ1n) is 8.25. The second-order valence-electron chi connectivity index (χ2n) is 5.49. The molecule has 1 heterocycles. The lowest BCUT2D eigenvalue weighted by Crippen LogP contribution is -2.34. The van der Waals surface area contributed by atoms with E-state index in [0.717, 1.165) is 11.4 Å². The summed E-state index contributed by atoms with van der Waals surface area (Å²) in [5.74, 6) is -1.81. The fourth-order valence-corrected chi connectivity index (χ4v) is 2.32. The minimum absolute atomic E-state index is 0.100. The predicted octanol–water partition coefficient (Wildman–Crippen LogP) is 1.47. The number of imide groups is 1. The minimum Gasteiger partial charge on any atom is -0.451 e. The SMILES string of the molecule is CCOC(=O)NC(=O)COC(=O)C(C#N)=Cc1cc(C)n(CCOC)c1C. The van der Waals surface area contributed by atoms with Gasteiger partial charge in [0.15, 0.2) is 6.61 Å². The molecule has 0 bridgehead atoms. The Labute approximate surface area is 157 Å². The first-order valence-corrected chi connectivity index (χ1v) is 8.25. The maximum absolute atomic E-state index is 12.0. The van der Waals surface area contributed by atoms with Crippen LogP contribution < -0.4 is 5.32 Å². The van der Waals surface area contributed by atoms with Crippen LogP contribution >= 0.6 is 0 Å². The molecule has 9 heteroatoms. The summed E-state index contributed by atoms with van der Waals surface area (Å²) in [5, 5.41) is 11.1. The van der Waals surface area contributed by atoms with Gasteiger partial charge in [0.05, 0.1) is 13.2 Å². The number of esters is 1. The largest absolute Gasteiger partial charge is 0.451 e. The molecule has 0 aliphatic carbocycles. The molecular weight excluding hydrogens is 354 g/mol. The van der Waals surface area contributed by atoms with Crippen LogP contribution in [0, 0.1) is 25.2 Å². The molecule has 1 rings (SSSR count). The molecular formula is C18H23N3O6. The molecule has 0 saturated carbocycles. The van der Waals surface area contributed by atoms with E-state index < -0.39 is 24.6 Å². The van der Waals surface area contributed by atoms with Crippen molar-refractivity contribution in [2.24, 2.45) is 0 Å². The number of aryl methyl sites for hydroxylation is 1. The Bertz CT molecular complexity index is 773. The lowest BCUT2D eigenvalue weighted by molar-refractivity contribution is -0.144. The molecule has 0 fully saturated rings. The van der Waals surface area contributed by atoms with Crippen molar-refractivity contribution in [2.75, 3.05) is 26.9 Å². The van der Waals surface area contributed by atoms with Crippen molar-refractivity contribution in [3.05, 3.63) is 28.6 Å². The Morgan fingerprint density at radius 1 is 1.30 bits per heavy atom. The topological polar surface area (TPSA) is 120 Å². The third-order valence-corrected chi connectivity index (χ3v) is 3.62. The Balaban J connectivity index is 2.80. The third kappa shape index (κ3) is 6.60. The van der Waals surface area contributed by atoms with E-state index in [0.29, 0.717) is 18.7 Å². The number of amides is 2. The van der Waals surface area contributed by atoms with Gasteiger partial charge in [0.1, 0.15) is 11.6 Å². The second kappa shape index (κ2) is 10.8. The normalized spacial score (nSPS) is 10.9. The van der Waals surface area contributed by atoms with Crippen LogP contribution in [-0.4, -0.2) is 49.5 Å². The van der Waals surface area contributed by atoms with Crippen LogP contribution in [0.5, 0.6) is 0 Å². The van der Waals surface area contributed by atoms with E-state index in [9.17, 15) is 19.6 Å². The number of nitrogens with zero attached hydrogens (tertiary/aromatic N) is 2. The van der Waals surface area contributed by atoms with Gasteiger partial charge < -0.3 is 18.8 Å². The smallest absolute Gasteiger partial charge is 0.413 e. The maximum atomic E-state index is 12.0. The molecule has 2 amide bonds. The van der Waals surface area contributed by atoms with Gasteiger partial charge in [-0.1, -0.05) is 0 Å². The number of ether oxygens (including phenoxy) is 3. The van der Waals surface area contributed by atoms with Crippen molar-refractivity contribution in [1.29, 1.82) is 5.26 Å². The van der Waals surface area contributed by atoms with Crippen molar-refractivity contribution >= 4 is 24.0 Å². The van der Waals surface area contributed by atoms with Crippen molar-refractivity contribution in [3.8, 4) is 6.07 Å². The molecule has 0 aromatic carbocycles. The second-order valence-corrected chi connectivity index (χ2v) is 5.49. The van der Waals surface area contributed by atoms with Gasteiger partial charge in [-0.25, -0.2) is 9.59 Å². The van der Waals surface area contributed by atoms with E-state index in [1.807, 2.05) is 29.8 Å². The maximum Gasteiger partial charge on any atom is 0.413 e.